The molecule has 2 heterocycles. The van der Waals surface area contributed by atoms with Crippen LogP contribution < -0.4 is 10.2 Å². The molecule has 0 unspecified atom stereocenters. The minimum Gasteiger partial charge on any atom is -0.395 e. The first-order valence-corrected chi connectivity index (χ1v) is 10.2. The highest BCUT2D eigenvalue weighted by Gasteiger charge is 2.32. The average molecular weight is 474 g/mol. The van der Waals surface area contributed by atoms with Gasteiger partial charge in [0.05, 0.1) is 12.2 Å². The second-order valence-electron chi connectivity index (χ2n) is 7.48. The third-order valence-electron chi connectivity index (χ3n) is 5.27. The Hall–Kier alpha value is -3.86. The number of benzene rings is 2. The van der Waals surface area contributed by atoms with E-state index in [1.807, 2.05) is 0 Å². The first-order valence-electron chi connectivity index (χ1n) is 10.2. The van der Waals surface area contributed by atoms with Crippen molar-refractivity contribution in [1.82, 2.24) is 15.3 Å². The van der Waals surface area contributed by atoms with Gasteiger partial charge in [-0.05, 0) is 48.4 Å². The first kappa shape index (κ1) is 23.3. The quantitative estimate of drug-likeness (QED) is 0.421. The third-order valence-corrected chi connectivity index (χ3v) is 5.27. The molecule has 0 radical (unpaired) electrons. The smallest absolute Gasteiger partial charge is 0.395 e. The van der Waals surface area contributed by atoms with Gasteiger partial charge in [-0.25, -0.2) is 14.4 Å². The first-order chi connectivity index (χ1) is 16.2. The summed E-state index contributed by atoms with van der Waals surface area (Å²) in [7, 11) is 0. The maximum atomic E-state index is 13.8. The van der Waals surface area contributed by atoms with E-state index in [9.17, 15) is 27.2 Å². The molecule has 0 fully saturated rings. The number of nitrogens with one attached hydrogen (secondary N) is 1. The molecule has 176 valence electrons. The van der Waals surface area contributed by atoms with Crippen molar-refractivity contribution < 1.29 is 32.3 Å². The van der Waals surface area contributed by atoms with Gasteiger partial charge in [0.2, 0.25) is 11.7 Å². The number of rotatable bonds is 6. The van der Waals surface area contributed by atoms with E-state index in [2.05, 4.69) is 15.3 Å². The highest BCUT2D eigenvalue weighted by atomic mass is 19.4. The zero-order valence-corrected chi connectivity index (χ0v) is 17.6. The number of amides is 1. The van der Waals surface area contributed by atoms with Gasteiger partial charge >= 0.3 is 6.18 Å². The van der Waals surface area contributed by atoms with Crippen LogP contribution in [-0.2, 0) is 12.6 Å². The Morgan fingerprint density at radius 1 is 1.15 bits per heavy atom. The summed E-state index contributed by atoms with van der Waals surface area (Å²) in [6, 6.07) is 7.93. The molecule has 3 aromatic rings. The lowest BCUT2D eigenvalue weighted by atomic mass is 10.0. The van der Waals surface area contributed by atoms with Crippen LogP contribution >= 0.6 is 0 Å². The number of carbonyl (C=O) groups is 2. The number of hydrogen-bond acceptors (Lipinski definition) is 6. The molecule has 1 aliphatic heterocycles. The fourth-order valence-electron chi connectivity index (χ4n) is 3.76. The molecule has 2 N–H and O–H groups in total. The topological polar surface area (TPSA) is 95.4 Å². The lowest BCUT2D eigenvalue weighted by Gasteiger charge is -2.18. The molecular formula is C23H18F4N4O3. The van der Waals surface area contributed by atoms with Crippen molar-refractivity contribution >= 4 is 23.3 Å². The SMILES string of the molecule is O=C(c1cc(F)cc(C(F)(F)F)c1)c1ccnc(N2CCc3c(C(=O)NCCO)cccc32)n1. The molecule has 0 aliphatic carbocycles. The van der Waals surface area contributed by atoms with E-state index in [0.29, 0.717) is 36.3 Å². The van der Waals surface area contributed by atoms with Crippen LogP contribution in [0.15, 0.2) is 48.7 Å². The number of aromatic nitrogens is 2. The second kappa shape index (κ2) is 9.18. The zero-order valence-electron chi connectivity index (χ0n) is 17.6. The summed E-state index contributed by atoms with van der Waals surface area (Å²) in [5.41, 5.74) is -0.147. The number of aliphatic hydroxyl groups is 1. The van der Waals surface area contributed by atoms with Crippen LogP contribution in [0, 0.1) is 5.82 Å². The van der Waals surface area contributed by atoms with Crippen LogP contribution in [-0.4, -0.2) is 46.5 Å². The molecular weight excluding hydrogens is 456 g/mol. The van der Waals surface area contributed by atoms with Crippen molar-refractivity contribution in [2.45, 2.75) is 12.6 Å². The Balaban J connectivity index is 1.65. The molecule has 34 heavy (non-hydrogen) atoms. The van der Waals surface area contributed by atoms with Crippen molar-refractivity contribution in [3.63, 3.8) is 0 Å². The molecule has 4 rings (SSSR count). The molecule has 2 aromatic carbocycles. The van der Waals surface area contributed by atoms with E-state index in [0.717, 1.165) is 11.6 Å². The number of halogens is 4. The van der Waals surface area contributed by atoms with Gasteiger partial charge in [0.1, 0.15) is 11.5 Å². The van der Waals surface area contributed by atoms with E-state index >= 15 is 0 Å². The molecule has 1 amide bonds. The number of ketones is 1. The maximum Gasteiger partial charge on any atom is 0.416 e. The summed E-state index contributed by atoms with van der Waals surface area (Å²) in [5.74, 6) is -2.30. The van der Waals surface area contributed by atoms with Gasteiger partial charge < -0.3 is 15.3 Å². The van der Waals surface area contributed by atoms with Crippen LogP contribution in [0.3, 0.4) is 0 Å². The molecule has 0 bridgehead atoms. The molecule has 1 aromatic heterocycles. The van der Waals surface area contributed by atoms with Crippen LogP contribution in [0.4, 0.5) is 29.2 Å². The highest BCUT2D eigenvalue weighted by Crippen LogP contribution is 2.35. The van der Waals surface area contributed by atoms with Gasteiger partial charge in [0.15, 0.2) is 0 Å². The molecule has 0 spiro atoms. The lowest BCUT2D eigenvalue weighted by molar-refractivity contribution is -0.137. The van der Waals surface area contributed by atoms with Gasteiger partial charge in [0, 0.05) is 36.1 Å². The predicted octanol–water partition coefficient (Wildman–Crippen LogP) is 3.28. The normalized spacial score (nSPS) is 13.0. The monoisotopic (exact) mass is 474 g/mol. The predicted molar refractivity (Wildman–Crippen MR) is 113 cm³/mol. The largest absolute Gasteiger partial charge is 0.416 e. The van der Waals surface area contributed by atoms with Crippen molar-refractivity contribution in [3.8, 4) is 0 Å². The van der Waals surface area contributed by atoms with E-state index in [1.165, 1.54) is 12.3 Å². The van der Waals surface area contributed by atoms with Gasteiger partial charge in [-0.3, -0.25) is 9.59 Å². The van der Waals surface area contributed by atoms with Gasteiger partial charge in [0.25, 0.3) is 5.91 Å². The maximum absolute atomic E-state index is 13.8. The molecule has 1 aliphatic rings. The summed E-state index contributed by atoms with van der Waals surface area (Å²) >= 11 is 0. The molecule has 0 saturated heterocycles. The van der Waals surface area contributed by atoms with Crippen molar-refractivity contribution in [1.29, 1.82) is 0 Å². The average Bonchev–Trinajstić information content (AvgIpc) is 3.25. The second-order valence-corrected chi connectivity index (χ2v) is 7.48. The van der Waals surface area contributed by atoms with E-state index in [-0.39, 0.29) is 30.7 Å². The van der Waals surface area contributed by atoms with Gasteiger partial charge in [-0.1, -0.05) is 6.07 Å². The van der Waals surface area contributed by atoms with Crippen LogP contribution in [0.1, 0.15) is 37.5 Å². The summed E-state index contributed by atoms with van der Waals surface area (Å²) in [6.45, 7) is 0.308. The number of hydrogen-bond donors (Lipinski definition) is 2. The summed E-state index contributed by atoms with van der Waals surface area (Å²) in [5, 5.41) is 11.5. The Morgan fingerprint density at radius 2 is 1.94 bits per heavy atom. The van der Waals surface area contributed by atoms with E-state index < -0.39 is 28.9 Å². The highest BCUT2D eigenvalue weighted by molar-refractivity contribution is 6.08. The number of anilines is 2. The number of fused-ring (bicyclic) bond motifs is 1. The number of carbonyl (C=O) groups excluding carboxylic acids is 2. The summed E-state index contributed by atoms with van der Waals surface area (Å²) in [4.78, 5) is 35.3. The standard InChI is InChI=1S/C23H18F4N4O3/c24-15-11-13(10-14(12-15)23(25,26)27)20(33)18-4-6-29-22(30-18)31-8-5-16-17(2-1-3-19(16)31)21(34)28-7-9-32/h1-4,6,10-12,32H,5,7-9H2,(H,28,34). The molecule has 0 saturated carbocycles. The molecule has 11 heteroatoms. The minimum atomic E-state index is -4.81. The van der Waals surface area contributed by atoms with Gasteiger partial charge in [-0.2, -0.15) is 13.2 Å². The van der Waals surface area contributed by atoms with Gasteiger partial charge in [-0.15, -0.1) is 0 Å². The number of nitrogens with zero attached hydrogens (tertiary/aromatic N) is 3. The Labute approximate surface area is 191 Å². The van der Waals surface area contributed by atoms with Crippen LogP contribution in [0.25, 0.3) is 0 Å². The Bertz CT molecular complexity index is 1260. The van der Waals surface area contributed by atoms with Crippen LogP contribution in [0.2, 0.25) is 0 Å². The fourth-order valence-corrected chi connectivity index (χ4v) is 3.76. The van der Waals surface area contributed by atoms with E-state index in [4.69, 9.17) is 5.11 Å². The molecule has 7 nitrogen and oxygen atoms in total. The van der Waals surface area contributed by atoms with Crippen LogP contribution in [0.5, 0.6) is 0 Å². The summed E-state index contributed by atoms with van der Waals surface area (Å²) < 4.78 is 52.9. The minimum absolute atomic E-state index is 0.107. The number of alkyl halides is 3. The van der Waals surface area contributed by atoms with Crippen molar-refractivity contribution in [2.75, 3.05) is 24.6 Å². The number of aliphatic hydroxyl groups excluding tert-OH is 1. The van der Waals surface area contributed by atoms with E-state index in [1.54, 1.807) is 23.1 Å². The Kier molecular flexibility index (Phi) is 6.29. The molecule has 0 atom stereocenters. The van der Waals surface area contributed by atoms with Crippen molar-refractivity contribution in [2.24, 2.45) is 0 Å². The fraction of sp³-hybridized carbons (Fsp3) is 0.217. The summed E-state index contributed by atoms with van der Waals surface area (Å²) in [6.07, 6.45) is -3.04. The zero-order chi connectivity index (χ0) is 24.5. The Morgan fingerprint density at radius 3 is 2.68 bits per heavy atom. The third kappa shape index (κ3) is 4.60. The van der Waals surface area contributed by atoms with Crippen molar-refractivity contribution in [3.05, 3.63) is 82.4 Å². The lowest BCUT2D eigenvalue weighted by Crippen LogP contribution is -2.27.